The second kappa shape index (κ2) is 8.92. The molecule has 3 aromatic carbocycles. The average molecular weight is 513 g/mol. The van der Waals surface area contributed by atoms with Crippen LogP contribution < -0.4 is 14.6 Å². The number of anilines is 1. The largest absolute Gasteiger partial charge is 0.488 e. The van der Waals surface area contributed by atoms with E-state index in [1.165, 1.54) is 7.11 Å². The van der Waals surface area contributed by atoms with Crippen LogP contribution in [0.1, 0.15) is 33.2 Å². The standard InChI is InChI=1S/C30H30N3O3S/c1-30(2,3)31-28-27-26-22-13-9-8-10-19(22)14-15-24(26)36-17-21(16-25(34)35-4)32(27)29-33(28)23(18-37-29)20-11-6-5-7-12-20/h5-15,18,21,31H,16-17H2,1-4H3/q+1. The molecular formula is C30H30N3O3S+. The van der Waals surface area contributed by atoms with Gasteiger partial charge in [-0.3, -0.25) is 4.79 Å². The van der Waals surface area contributed by atoms with Crippen LogP contribution in [0.4, 0.5) is 5.82 Å². The molecule has 1 atom stereocenters. The Bertz CT molecular complexity index is 1630. The van der Waals surface area contributed by atoms with Crippen molar-refractivity contribution in [2.45, 2.75) is 38.8 Å². The maximum absolute atomic E-state index is 12.6. The molecule has 7 heteroatoms. The third kappa shape index (κ3) is 4.03. The molecule has 0 saturated carbocycles. The summed E-state index contributed by atoms with van der Waals surface area (Å²) in [6, 6.07) is 22.7. The number of benzene rings is 3. The number of rotatable bonds is 4. The van der Waals surface area contributed by atoms with Crippen molar-refractivity contribution in [1.29, 1.82) is 0 Å². The highest BCUT2D eigenvalue weighted by Gasteiger charge is 2.41. The molecular weight excluding hydrogens is 482 g/mol. The van der Waals surface area contributed by atoms with Gasteiger partial charge in [-0.25, -0.2) is 4.57 Å². The average Bonchev–Trinajstić information content (AvgIpc) is 3.39. The quantitative estimate of drug-likeness (QED) is 0.221. The highest BCUT2D eigenvalue weighted by Crippen LogP contribution is 2.45. The minimum atomic E-state index is -0.257. The van der Waals surface area contributed by atoms with Crippen LogP contribution in [-0.2, 0) is 9.53 Å². The molecule has 0 aliphatic carbocycles. The smallest absolute Gasteiger partial charge is 0.348 e. The number of nitrogens with zero attached hydrogens (tertiary/aromatic N) is 2. The summed E-state index contributed by atoms with van der Waals surface area (Å²) in [4.78, 5) is 13.6. The van der Waals surface area contributed by atoms with E-state index in [1.54, 1.807) is 11.3 Å². The van der Waals surface area contributed by atoms with E-state index in [1.807, 2.05) is 12.1 Å². The highest BCUT2D eigenvalue weighted by atomic mass is 32.1. The Morgan fingerprint density at radius 1 is 1.11 bits per heavy atom. The molecule has 37 heavy (non-hydrogen) atoms. The van der Waals surface area contributed by atoms with E-state index >= 15 is 0 Å². The van der Waals surface area contributed by atoms with Gasteiger partial charge in [0.1, 0.15) is 18.4 Å². The summed E-state index contributed by atoms with van der Waals surface area (Å²) in [5.41, 5.74) is 4.08. The molecule has 0 saturated heterocycles. The summed E-state index contributed by atoms with van der Waals surface area (Å²) in [7, 11) is 1.44. The third-order valence-corrected chi connectivity index (χ3v) is 7.65. The Morgan fingerprint density at radius 3 is 2.62 bits per heavy atom. The third-order valence-electron chi connectivity index (χ3n) is 6.72. The fraction of sp³-hybridized carbons (Fsp3) is 0.267. The first-order chi connectivity index (χ1) is 17.9. The number of hydrogen-bond donors (Lipinski definition) is 1. The summed E-state index contributed by atoms with van der Waals surface area (Å²) >= 11 is 1.68. The highest BCUT2D eigenvalue weighted by molar-refractivity contribution is 7.15. The molecule has 1 N–H and O–H groups in total. The molecule has 5 aromatic rings. The van der Waals surface area contributed by atoms with E-state index in [-0.39, 0.29) is 24.0 Å². The Balaban J connectivity index is 1.76. The van der Waals surface area contributed by atoms with Crippen LogP contribution in [0.2, 0.25) is 0 Å². The lowest BCUT2D eigenvalue weighted by atomic mass is 9.99. The minimum absolute atomic E-state index is 0.214. The molecule has 0 spiro atoms. The zero-order chi connectivity index (χ0) is 25.7. The molecule has 0 radical (unpaired) electrons. The monoisotopic (exact) mass is 512 g/mol. The molecule has 1 aliphatic heterocycles. The topological polar surface area (TPSA) is 55.9 Å². The number of fused-ring (bicyclic) bond motifs is 7. The summed E-state index contributed by atoms with van der Waals surface area (Å²) in [6.07, 6.45) is 0.216. The fourth-order valence-electron chi connectivity index (χ4n) is 5.17. The number of carbonyl (C=O) groups excluding carboxylic acids is 1. The molecule has 0 amide bonds. The summed E-state index contributed by atoms with van der Waals surface area (Å²) in [6.45, 7) is 6.87. The number of ether oxygens (including phenoxy) is 2. The molecule has 3 heterocycles. The van der Waals surface area contributed by atoms with Crippen LogP contribution in [0.3, 0.4) is 0 Å². The number of esters is 1. The number of carbonyl (C=O) groups is 1. The maximum atomic E-state index is 12.6. The molecule has 6 nitrogen and oxygen atoms in total. The van der Waals surface area contributed by atoms with Gasteiger partial charge in [0.2, 0.25) is 11.5 Å². The first kappa shape index (κ1) is 23.6. The van der Waals surface area contributed by atoms with Crippen LogP contribution in [0.5, 0.6) is 5.75 Å². The maximum Gasteiger partial charge on any atom is 0.348 e. The zero-order valence-corrected chi connectivity index (χ0v) is 22.3. The first-order valence-corrected chi connectivity index (χ1v) is 13.4. The Hall–Kier alpha value is -3.84. The van der Waals surface area contributed by atoms with Crippen molar-refractivity contribution in [2.24, 2.45) is 0 Å². The van der Waals surface area contributed by atoms with E-state index < -0.39 is 0 Å². The lowest BCUT2D eigenvalue weighted by molar-refractivity contribution is -0.684. The van der Waals surface area contributed by atoms with Gasteiger partial charge in [-0.1, -0.05) is 72.0 Å². The van der Waals surface area contributed by atoms with Crippen LogP contribution in [-0.4, -0.2) is 29.6 Å². The van der Waals surface area contributed by atoms with Gasteiger partial charge in [-0.2, -0.15) is 4.40 Å². The van der Waals surface area contributed by atoms with Crippen LogP contribution >= 0.6 is 11.3 Å². The van der Waals surface area contributed by atoms with Crippen molar-refractivity contribution in [2.75, 3.05) is 19.0 Å². The molecule has 188 valence electrons. The Labute approximate surface area is 220 Å². The molecule has 1 unspecified atom stereocenters. The fourth-order valence-corrected chi connectivity index (χ4v) is 6.28. The SMILES string of the molecule is COC(=O)CC1COc2ccc3ccccc3c2-c2c(NC(C)(C)C)n3c(-c4ccccc4)csc3[n+]21. The summed E-state index contributed by atoms with van der Waals surface area (Å²) < 4.78 is 16.1. The lowest BCUT2D eigenvalue weighted by Gasteiger charge is -2.21. The zero-order valence-electron chi connectivity index (χ0n) is 21.4. The van der Waals surface area contributed by atoms with Crippen molar-refractivity contribution in [3.63, 3.8) is 0 Å². The predicted molar refractivity (Wildman–Crippen MR) is 148 cm³/mol. The number of hydrogen-bond acceptors (Lipinski definition) is 5. The van der Waals surface area contributed by atoms with Gasteiger partial charge >= 0.3 is 10.9 Å². The van der Waals surface area contributed by atoms with E-state index in [2.05, 4.69) is 95.0 Å². The minimum Gasteiger partial charge on any atom is -0.488 e. The van der Waals surface area contributed by atoms with E-state index in [0.29, 0.717) is 6.61 Å². The first-order valence-electron chi connectivity index (χ1n) is 12.5. The molecule has 0 fully saturated rings. The number of imidazole rings is 1. The normalized spacial score (nSPS) is 15.1. The Morgan fingerprint density at radius 2 is 1.86 bits per heavy atom. The van der Waals surface area contributed by atoms with Gasteiger partial charge < -0.3 is 14.8 Å². The van der Waals surface area contributed by atoms with Gasteiger partial charge in [-0.15, -0.1) is 0 Å². The molecule has 0 bridgehead atoms. The van der Waals surface area contributed by atoms with E-state index in [4.69, 9.17) is 9.47 Å². The van der Waals surface area contributed by atoms with Gasteiger partial charge in [0.05, 0.1) is 19.1 Å². The molecule has 2 aromatic heterocycles. The van der Waals surface area contributed by atoms with Crippen molar-refractivity contribution >= 4 is 38.9 Å². The summed E-state index contributed by atoms with van der Waals surface area (Å²) in [5, 5.41) is 8.27. The number of aromatic nitrogens is 2. The van der Waals surface area contributed by atoms with E-state index in [9.17, 15) is 4.79 Å². The number of nitrogens with one attached hydrogen (secondary N) is 1. The van der Waals surface area contributed by atoms with Gasteiger partial charge in [0.15, 0.2) is 5.69 Å². The van der Waals surface area contributed by atoms with Crippen molar-refractivity contribution in [3.05, 3.63) is 72.1 Å². The molecule has 1 aliphatic rings. The number of methoxy groups -OCH3 is 1. The second-order valence-electron chi connectivity index (χ2n) is 10.5. The summed E-state index contributed by atoms with van der Waals surface area (Å²) in [5.74, 6) is 1.55. The van der Waals surface area contributed by atoms with Crippen molar-refractivity contribution < 1.29 is 18.8 Å². The van der Waals surface area contributed by atoms with Gasteiger partial charge in [-0.05, 0) is 37.6 Å². The van der Waals surface area contributed by atoms with Gasteiger partial charge in [0.25, 0.3) is 0 Å². The lowest BCUT2D eigenvalue weighted by Crippen LogP contribution is -2.43. The van der Waals surface area contributed by atoms with Crippen LogP contribution in [0.15, 0.2) is 72.1 Å². The van der Waals surface area contributed by atoms with Crippen molar-refractivity contribution in [1.82, 2.24) is 4.40 Å². The van der Waals surface area contributed by atoms with E-state index in [0.717, 1.165) is 49.8 Å². The molecule has 6 rings (SSSR count). The van der Waals surface area contributed by atoms with Crippen LogP contribution in [0.25, 0.3) is 38.2 Å². The van der Waals surface area contributed by atoms with Gasteiger partial charge in [0, 0.05) is 16.5 Å². The second-order valence-corrected chi connectivity index (χ2v) is 11.3. The van der Waals surface area contributed by atoms with Crippen LogP contribution in [0, 0.1) is 0 Å². The Kier molecular flexibility index (Phi) is 5.68. The predicted octanol–water partition coefficient (Wildman–Crippen LogP) is 6.48. The number of thiazole rings is 1. The van der Waals surface area contributed by atoms with Crippen molar-refractivity contribution in [3.8, 4) is 28.3 Å².